The molecular formula is C15H19N3. The third kappa shape index (κ3) is 2.06. The Hall–Kier alpha value is -1.61. The number of aromatic nitrogens is 1. The quantitative estimate of drug-likeness (QED) is 0.868. The predicted molar refractivity (Wildman–Crippen MR) is 75.5 cm³/mol. The molecule has 0 bridgehead atoms. The molecule has 3 rings (SSSR count). The molecule has 1 aliphatic rings. The van der Waals surface area contributed by atoms with E-state index in [-0.39, 0.29) is 0 Å². The third-order valence-corrected chi connectivity index (χ3v) is 3.78. The lowest BCUT2D eigenvalue weighted by Crippen LogP contribution is -2.17. The fraction of sp³-hybridized carbons (Fsp3) is 0.400. The molecule has 94 valence electrons. The van der Waals surface area contributed by atoms with Gasteiger partial charge in [0.1, 0.15) is 0 Å². The first-order chi connectivity index (χ1) is 8.88. The zero-order valence-corrected chi connectivity index (χ0v) is 10.5. The van der Waals surface area contributed by atoms with Gasteiger partial charge in [-0.3, -0.25) is 4.98 Å². The summed E-state index contributed by atoms with van der Waals surface area (Å²) in [6.07, 6.45) is 7.10. The number of nitrogens with one attached hydrogen (secondary N) is 1. The van der Waals surface area contributed by atoms with E-state index >= 15 is 0 Å². The molecule has 3 heteroatoms. The molecule has 1 saturated carbocycles. The molecule has 0 atom stereocenters. The van der Waals surface area contributed by atoms with Crippen LogP contribution < -0.4 is 11.1 Å². The van der Waals surface area contributed by atoms with Crippen LogP contribution in [0.4, 0.5) is 5.69 Å². The lowest BCUT2D eigenvalue weighted by atomic mass is 10.1. The number of para-hydroxylation sites is 1. The Morgan fingerprint density at radius 2 is 2.00 bits per heavy atom. The largest absolute Gasteiger partial charge is 0.381 e. The van der Waals surface area contributed by atoms with Crippen molar-refractivity contribution in [3.8, 4) is 0 Å². The second-order valence-corrected chi connectivity index (χ2v) is 5.01. The van der Waals surface area contributed by atoms with E-state index < -0.39 is 0 Å². The van der Waals surface area contributed by atoms with E-state index in [0.29, 0.717) is 12.6 Å². The number of pyridine rings is 1. The van der Waals surface area contributed by atoms with Gasteiger partial charge in [0.05, 0.1) is 5.52 Å². The summed E-state index contributed by atoms with van der Waals surface area (Å²) in [7, 11) is 0. The molecule has 1 fully saturated rings. The maximum atomic E-state index is 5.84. The molecule has 1 heterocycles. The first-order valence-electron chi connectivity index (χ1n) is 6.71. The van der Waals surface area contributed by atoms with Crippen LogP contribution in [0.3, 0.4) is 0 Å². The van der Waals surface area contributed by atoms with Crippen LogP contribution in [0.5, 0.6) is 0 Å². The van der Waals surface area contributed by atoms with Gasteiger partial charge in [-0.25, -0.2) is 0 Å². The summed E-state index contributed by atoms with van der Waals surface area (Å²) in [5, 5.41) is 4.87. The second-order valence-electron chi connectivity index (χ2n) is 5.01. The number of rotatable bonds is 3. The van der Waals surface area contributed by atoms with Crippen molar-refractivity contribution in [3.63, 3.8) is 0 Å². The van der Waals surface area contributed by atoms with Crippen molar-refractivity contribution in [2.24, 2.45) is 5.73 Å². The van der Waals surface area contributed by atoms with Gasteiger partial charge in [0.2, 0.25) is 0 Å². The highest BCUT2D eigenvalue weighted by atomic mass is 14.9. The summed E-state index contributed by atoms with van der Waals surface area (Å²) in [6, 6.07) is 8.86. The number of hydrogen-bond donors (Lipinski definition) is 2. The minimum absolute atomic E-state index is 0.535. The first-order valence-corrected chi connectivity index (χ1v) is 6.71. The average Bonchev–Trinajstić information content (AvgIpc) is 2.92. The standard InChI is InChI=1S/C15H19N3/c16-9-11-10-17-14-8-4-3-7-13(14)15(11)18-12-5-1-2-6-12/h3-4,7-8,10,12H,1-2,5-6,9,16H2,(H,17,18). The van der Waals surface area contributed by atoms with E-state index in [4.69, 9.17) is 5.73 Å². The first kappa shape index (κ1) is 11.5. The van der Waals surface area contributed by atoms with Crippen molar-refractivity contribution >= 4 is 16.6 Å². The Bertz CT molecular complexity index is 544. The zero-order valence-electron chi connectivity index (χ0n) is 10.5. The molecule has 0 saturated heterocycles. The van der Waals surface area contributed by atoms with Gasteiger partial charge in [-0.2, -0.15) is 0 Å². The van der Waals surface area contributed by atoms with Crippen molar-refractivity contribution in [3.05, 3.63) is 36.0 Å². The zero-order chi connectivity index (χ0) is 12.4. The fourth-order valence-electron chi connectivity index (χ4n) is 2.78. The van der Waals surface area contributed by atoms with E-state index in [1.807, 2.05) is 12.3 Å². The van der Waals surface area contributed by atoms with Gasteiger partial charge in [0.15, 0.2) is 0 Å². The number of fused-ring (bicyclic) bond motifs is 1. The van der Waals surface area contributed by atoms with Gasteiger partial charge >= 0.3 is 0 Å². The second kappa shape index (κ2) is 4.94. The van der Waals surface area contributed by atoms with Gasteiger partial charge < -0.3 is 11.1 Å². The lowest BCUT2D eigenvalue weighted by Gasteiger charge is -2.18. The van der Waals surface area contributed by atoms with Gasteiger partial charge in [0, 0.05) is 35.4 Å². The Balaban J connectivity index is 2.05. The highest BCUT2D eigenvalue weighted by Crippen LogP contribution is 2.29. The van der Waals surface area contributed by atoms with Crippen LogP contribution >= 0.6 is 0 Å². The molecule has 0 spiro atoms. The van der Waals surface area contributed by atoms with Crippen LogP contribution in [-0.4, -0.2) is 11.0 Å². The van der Waals surface area contributed by atoms with Crippen LogP contribution in [0, 0.1) is 0 Å². The molecule has 0 radical (unpaired) electrons. The molecule has 2 aromatic rings. The van der Waals surface area contributed by atoms with E-state index in [0.717, 1.165) is 11.1 Å². The van der Waals surface area contributed by atoms with Crippen LogP contribution in [-0.2, 0) is 6.54 Å². The summed E-state index contributed by atoms with van der Waals surface area (Å²) in [5.74, 6) is 0. The Morgan fingerprint density at radius 1 is 1.22 bits per heavy atom. The number of nitrogens with two attached hydrogens (primary N) is 1. The van der Waals surface area contributed by atoms with E-state index in [9.17, 15) is 0 Å². The predicted octanol–water partition coefficient (Wildman–Crippen LogP) is 3.05. The maximum Gasteiger partial charge on any atom is 0.0722 e. The minimum atomic E-state index is 0.535. The van der Waals surface area contributed by atoms with Crippen molar-refractivity contribution in [2.45, 2.75) is 38.3 Å². The van der Waals surface area contributed by atoms with Gasteiger partial charge in [0.25, 0.3) is 0 Å². The smallest absolute Gasteiger partial charge is 0.0722 e. The van der Waals surface area contributed by atoms with Crippen molar-refractivity contribution < 1.29 is 0 Å². The van der Waals surface area contributed by atoms with Crippen molar-refractivity contribution in [1.82, 2.24) is 4.98 Å². The monoisotopic (exact) mass is 241 g/mol. The van der Waals surface area contributed by atoms with Crippen LogP contribution in [0.1, 0.15) is 31.2 Å². The summed E-state index contributed by atoms with van der Waals surface area (Å²) in [4.78, 5) is 4.47. The summed E-state index contributed by atoms with van der Waals surface area (Å²) < 4.78 is 0. The molecule has 3 nitrogen and oxygen atoms in total. The highest BCUT2D eigenvalue weighted by molar-refractivity contribution is 5.92. The SMILES string of the molecule is NCc1cnc2ccccc2c1NC1CCCC1. The highest BCUT2D eigenvalue weighted by Gasteiger charge is 2.17. The van der Waals surface area contributed by atoms with Gasteiger partial charge in [-0.1, -0.05) is 31.0 Å². The number of hydrogen-bond acceptors (Lipinski definition) is 3. The van der Waals surface area contributed by atoms with E-state index in [1.165, 1.54) is 36.8 Å². The van der Waals surface area contributed by atoms with Crippen LogP contribution in [0.25, 0.3) is 10.9 Å². The Labute approximate surface area is 107 Å². The van der Waals surface area contributed by atoms with Gasteiger partial charge in [-0.05, 0) is 18.9 Å². The Morgan fingerprint density at radius 3 is 2.78 bits per heavy atom. The van der Waals surface area contributed by atoms with E-state index in [1.54, 1.807) is 0 Å². The fourth-order valence-corrected chi connectivity index (χ4v) is 2.78. The molecule has 1 aromatic heterocycles. The number of anilines is 1. The average molecular weight is 241 g/mol. The van der Waals surface area contributed by atoms with Gasteiger partial charge in [-0.15, -0.1) is 0 Å². The maximum absolute atomic E-state index is 5.84. The molecule has 18 heavy (non-hydrogen) atoms. The number of benzene rings is 1. The number of nitrogens with zero attached hydrogens (tertiary/aromatic N) is 1. The molecular weight excluding hydrogens is 222 g/mol. The summed E-state index contributed by atoms with van der Waals surface area (Å²) in [6.45, 7) is 0.535. The minimum Gasteiger partial charge on any atom is -0.381 e. The summed E-state index contributed by atoms with van der Waals surface area (Å²) in [5.41, 5.74) is 9.17. The molecule has 1 aliphatic carbocycles. The lowest BCUT2D eigenvalue weighted by molar-refractivity contribution is 0.754. The van der Waals surface area contributed by atoms with Crippen molar-refractivity contribution in [2.75, 3.05) is 5.32 Å². The van der Waals surface area contributed by atoms with Crippen LogP contribution in [0.15, 0.2) is 30.5 Å². The molecule has 1 aromatic carbocycles. The van der Waals surface area contributed by atoms with Crippen LogP contribution in [0.2, 0.25) is 0 Å². The third-order valence-electron chi connectivity index (χ3n) is 3.78. The topological polar surface area (TPSA) is 50.9 Å². The molecule has 0 amide bonds. The molecule has 0 aliphatic heterocycles. The normalized spacial score (nSPS) is 16.3. The Kier molecular flexibility index (Phi) is 3.15. The molecule has 0 unspecified atom stereocenters. The summed E-state index contributed by atoms with van der Waals surface area (Å²) >= 11 is 0. The van der Waals surface area contributed by atoms with E-state index in [2.05, 4.69) is 28.5 Å². The molecule has 3 N–H and O–H groups in total. The van der Waals surface area contributed by atoms with Crippen molar-refractivity contribution in [1.29, 1.82) is 0 Å².